The number of amides is 1. The maximum Gasteiger partial charge on any atom is 0.221 e. The Bertz CT molecular complexity index is 475. The van der Waals surface area contributed by atoms with Gasteiger partial charge in [0.1, 0.15) is 0 Å². The molecule has 0 radical (unpaired) electrons. The van der Waals surface area contributed by atoms with Crippen LogP contribution in [0.4, 0.5) is 0 Å². The Kier molecular flexibility index (Phi) is 6.09. The van der Waals surface area contributed by atoms with Gasteiger partial charge < -0.3 is 11.1 Å². The van der Waals surface area contributed by atoms with Crippen molar-refractivity contribution in [3.05, 3.63) is 0 Å². The summed E-state index contributed by atoms with van der Waals surface area (Å²) in [6, 6.07) is 0. The van der Waals surface area contributed by atoms with Crippen LogP contribution in [0.1, 0.15) is 51.9 Å². The number of nitrogens with one attached hydrogen (secondary N) is 1. The van der Waals surface area contributed by atoms with E-state index in [1.165, 1.54) is 6.42 Å². The van der Waals surface area contributed by atoms with Gasteiger partial charge in [-0.15, -0.1) is 12.4 Å². The SMILES string of the molecule is CC1(NC(=O)CC2(CN)CCCCC2)CCS(=O)(=O)C1.Cl. The van der Waals surface area contributed by atoms with Crippen molar-refractivity contribution in [3.63, 3.8) is 0 Å². The Hall–Kier alpha value is -0.330. The molecule has 1 saturated heterocycles. The van der Waals surface area contributed by atoms with Crippen LogP contribution >= 0.6 is 12.4 Å². The lowest BCUT2D eigenvalue weighted by Crippen LogP contribution is -2.49. The Balaban J connectivity index is 0.00000220. The summed E-state index contributed by atoms with van der Waals surface area (Å²) in [6.45, 7) is 2.36. The molecule has 3 N–H and O–H groups in total. The molecule has 1 atom stereocenters. The lowest BCUT2D eigenvalue weighted by molar-refractivity contribution is -0.125. The first-order valence-corrected chi connectivity index (χ1v) is 9.32. The number of nitrogens with two attached hydrogens (primary N) is 1. The number of carbonyl (C=O) groups is 1. The number of carbonyl (C=O) groups excluding carboxylic acids is 1. The average Bonchev–Trinajstić information content (AvgIpc) is 2.64. The van der Waals surface area contributed by atoms with Gasteiger partial charge in [0.25, 0.3) is 0 Å². The van der Waals surface area contributed by atoms with Crippen molar-refractivity contribution >= 4 is 28.2 Å². The summed E-state index contributed by atoms with van der Waals surface area (Å²) in [5, 5.41) is 2.94. The van der Waals surface area contributed by atoms with Crippen molar-refractivity contribution in [2.24, 2.45) is 11.1 Å². The Morgan fingerprint density at radius 1 is 1.19 bits per heavy atom. The largest absolute Gasteiger partial charge is 0.350 e. The van der Waals surface area contributed by atoms with Gasteiger partial charge in [0, 0.05) is 6.42 Å². The van der Waals surface area contributed by atoms with Gasteiger partial charge in [0.15, 0.2) is 9.84 Å². The molecular weight excluding hydrogens is 312 g/mol. The molecule has 0 spiro atoms. The minimum absolute atomic E-state index is 0. The van der Waals surface area contributed by atoms with Crippen LogP contribution in [0.3, 0.4) is 0 Å². The van der Waals surface area contributed by atoms with E-state index in [-0.39, 0.29) is 35.2 Å². The van der Waals surface area contributed by atoms with Crippen molar-refractivity contribution in [2.75, 3.05) is 18.1 Å². The van der Waals surface area contributed by atoms with Crippen molar-refractivity contribution in [1.82, 2.24) is 5.32 Å². The molecule has 1 aliphatic carbocycles. The molecule has 1 aliphatic heterocycles. The molecule has 0 aromatic rings. The van der Waals surface area contributed by atoms with Gasteiger partial charge in [0.2, 0.25) is 5.91 Å². The van der Waals surface area contributed by atoms with E-state index in [2.05, 4.69) is 5.32 Å². The van der Waals surface area contributed by atoms with Crippen LogP contribution in [0, 0.1) is 5.41 Å². The average molecular weight is 339 g/mol. The summed E-state index contributed by atoms with van der Waals surface area (Å²) in [5.74, 6) is 0.185. The fourth-order valence-electron chi connectivity index (χ4n) is 3.59. The van der Waals surface area contributed by atoms with Crippen LogP contribution in [0.5, 0.6) is 0 Å². The second-order valence-corrected chi connectivity index (χ2v) is 9.08. The third kappa shape index (κ3) is 4.83. The highest BCUT2D eigenvalue weighted by atomic mass is 35.5. The molecule has 1 amide bonds. The van der Waals surface area contributed by atoms with E-state index >= 15 is 0 Å². The third-order valence-corrected chi connectivity index (χ3v) is 6.73. The van der Waals surface area contributed by atoms with Gasteiger partial charge >= 0.3 is 0 Å². The van der Waals surface area contributed by atoms with Gasteiger partial charge in [-0.05, 0) is 38.1 Å². The van der Waals surface area contributed by atoms with Crippen LogP contribution in [0.2, 0.25) is 0 Å². The number of halogens is 1. The summed E-state index contributed by atoms with van der Waals surface area (Å²) in [4.78, 5) is 12.3. The molecule has 2 rings (SSSR count). The Morgan fingerprint density at radius 3 is 2.29 bits per heavy atom. The summed E-state index contributed by atoms with van der Waals surface area (Å²) in [6.07, 6.45) is 6.44. The molecule has 7 heteroatoms. The molecule has 2 aliphatic rings. The second kappa shape index (κ2) is 6.84. The maximum absolute atomic E-state index is 12.3. The highest BCUT2D eigenvalue weighted by Crippen LogP contribution is 2.38. The molecule has 0 bridgehead atoms. The highest BCUT2D eigenvalue weighted by Gasteiger charge is 2.41. The van der Waals surface area contributed by atoms with E-state index in [4.69, 9.17) is 5.73 Å². The Morgan fingerprint density at radius 2 is 1.81 bits per heavy atom. The Labute approximate surface area is 133 Å². The minimum atomic E-state index is -2.99. The lowest BCUT2D eigenvalue weighted by atomic mass is 9.71. The summed E-state index contributed by atoms with van der Waals surface area (Å²) in [7, 11) is -2.99. The molecule has 21 heavy (non-hydrogen) atoms. The first kappa shape index (κ1) is 18.7. The number of sulfone groups is 1. The van der Waals surface area contributed by atoms with Crippen LogP contribution in [0.25, 0.3) is 0 Å². The van der Waals surface area contributed by atoms with E-state index in [0.717, 1.165) is 25.7 Å². The zero-order valence-corrected chi connectivity index (χ0v) is 14.3. The normalized spacial score (nSPS) is 30.4. The van der Waals surface area contributed by atoms with E-state index < -0.39 is 15.4 Å². The molecule has 1 saturated carbocycles. The molecule has 0 aromatic heterocycles. The standard InChI is InChI=1S/C14H26N2O3S.ClH/c1-13(7-8-20(18,19)11-13)16-12(17)9-14(10-15)5-3-2-4-6-14;/h2-11,15H2,1H3,(H,16,17);1H. The quantitative estimate of drug-likeness (QED) is 0.810. The van der Waals surface area contributed by atoms with Gasteiger partial charge in [-0.3, -0.25) is 4.79 Å². The van der Waals surface area contributed by atoms with Crippen molar-refractivity contribution < 1.29 is 13.2 Å². The topological polar surface area (TPSA) is 89.3 Å². The fourth-order valence-corrected chi connectivity index (χ4v) is 5.68. The lowest BCUT2D eigenvalue weighted by Gasteiger charge is -2.36. The van der Waals surface area contributed by atoms with Gasteiger partial charge in [-0.25, -0.2) is 8.42 Å². The van der Waals surface area contributed by atoms with Crippen LogP contribution in [-0.4, -0.2) is 37.9 Å². The molecule has 1 heterocycles. The van der Waals surface area contributed by atoms with Crippen LogP contribution < -0.4 is 11.1 Å². The first-order chi connectivity index (χ1) is 9.28. The smallest absolute Gasteiger partial charge is 0.221 e. The van der Waals surface area contributed by atoms with Crippen molar-refractivity contribution in [1.29, 1.82) is 0 Å². The first-order valence-electron chi connectivity index (χ1n) is 7.50. The predicted octanol–water partition coefficient (Wildman–Crippen LogP) is 1.40. The number of hydrogen-bond acceptors (Lipinski definition) is 4. The summed E-state index contributed by atoms with van der Waals surface area (Å²) >= 11 is 0. The fraction of sp³-hybridized carbons (Fsp3) is 0.929. The maximum atomic E-state index is 12.3. The van der Waals surface area contributed by atoms with E-state index in [1.807, 2.05) is 6.92 Å². The summed E-state index contributed by atoms with van der Waals surface area (Å²) < 4.78 is 23.1. The van der Waals surface area contributed by atoms with Crippen molar-refractivity contribution in [3.8, 4) is 0 Å². The van der Waals surface area contributed by atoms with Crippen LogP contribution in [-0.2, 0) is 14.6 Å². The zero-order valence-electron chi connectivity index (χ0n) is 12.7. The van der Waals surface area contributed by atoms with Gasteiger partial charge in [-0.1, -0.05) is 19.3 Å². The molecule has 124 valence electrons. The molecule has 1 unspecified atom stereocenters. The second-order valence-electron chi connectivity index (χ2n) is 6.89. The summed E-state index contributed by atoms with van der Waals surface area (Å²) in [5.41, 5.74) is 5.22. The highest BCUT2D eigenvalue weighted by molar-refractivity contribution is 7.91. The molecule has 5 nitrogen and oxygen atoms in total. The van der Waals surface area contributed by atoms with Crippen LogP contribution in [0.15, 0.2) is 0 Å². The molecule has 0 aromatic carbocycles. The van der Waals surface area contributed by atoms with Crippen molar-refractivity contribution in [2.45, 2.75) is 57.4 Å². The number of hydrogen-bond donors (Lipinski definition) is 2. The van der Waals surface area contributed by atoms with Gasteiger partial charge in [-0.2, -0.15) is 0 Å². The van der Waals surface area contributed by atoms with E-state index in [1.54, 1.807) is 0 Å². The molecule has 2 fully saturated rings. The molecular formula is C14H27ClN2O3S. The zero-order chi connectivity index (χ0) is 14.9. The number of rotatable bonds is 4. The van der Waals surface area contributed by atoms with E-state index in [9.17, 15) is 13.2 Å². The van der Waals surface area contributed by atoms with E-state index in [0.29, 0.717) is 19.4 Å². The predicted molar refractivity (Wildman–Crippen MR) is 86.3 cm³/mol. The van der Waals surface area contributed by atoms with Gasteiger partial charge in [0.05, 0.1) is 17.0 Å². The minimum Gasteiger partial charge on any atom is -0.350 e. The third-order valence-electron chi connectivity index (χ3n) is 4.83. The monoisotopic (exact) mass is 338 g/mol.